The van der Waals surface area contributed by atoms with E-state index in [1.807, 2.05) is 12.3 Å². The average Bonchev–Trinajstić information content (AvgIpc) is 3.24. The molecule has 0 N–H and O–H groups in total. The second-order valence-corrected chi connectivity index (χ2v) is 5.57. The fraction of sp³-hybridized carbons (Fsp3) is 0.0588. The molecular weight excluding hydrogens is 341 g/mol. The molecule has 8 nitrogen and oxygen atoms in total. The Bertz CT molecular complexity index is 1130. The zero-order valence-corrected chi connectivity index (χ0v) is 13.5. The third-order valence-electron chi connectivity index (χ3n) is 3.93. The highest BCUT2D eigenvalue weighted by molar-refractivity contribution is 5.69. The van der Waals surface area contributed by atoms with Gasteiger partial charge in [-0.25, -0.2) is 8.91 Å². The Morgan fingerprint density at radius 1 is 1.12 bits per heavy atom. The lowest BCUT2D eigenvalue weighted by molar-refractivity contribution is -0.385. The summed E-state index contributed by atoms with van der Waals surface area (Å²) in [5, 5.41) is 19.1. The maximum Gasteiger partial charge on any atom is 0.272 e. The molecule has 0 fully saturated rings. The third-order valence-corrected chi connectivity index (χ3v) is 3.93. The topological polar surface area (TPSA) is 87.5 Å². The molecule has 0 unspecified atom stereocenters. The van der Waals surface area contributed by atoms with Crippen LogP contribution in [0.25, 0.3) is 16.8 Å². The Kier molecular flexibility index (Phi) is 3.61. The second-order valence-electron chi connectivity index (χ2n) is 5.57. The van der Waals surface area contributed by atoms with Crippen LogP contribution in [0.2, 0.25) is 0 Å². The molecule has 130 valence electrons. The molecule has 0 aliphatic carbocycles. The Labute approximate surface area is 146 Å². The largest absolute Gasteiger partial charge is 0.452 e. The van der Waals surface area contributed by atoms with Gasteiger partial charge in [0.05, 0.1) is 22.9 Å². The van der Waals surface area contributed by atoms with Crippen LogP contribution >= 0.6 is 0 Å². The molecular formula is C17H12FN5O3. The van der Waals surface area contributed by atoms with Gasteiger partial charge in [-0.1, -0.05) is 0 Å². The van der Waals surface area contributed by atoms with Crippen LogP contribution in [0.4, 0.5) is 10.1 Å². The lowest BCUT2D eigenvalue weighted by Gasteiger charge is -2.11. The molecule has 0 bridgehead atoms. The highest BCUT2D eigenvalue weighted by Gasteiger charge is 2.15. The summed E-state index contributed by atoms with van der Waals surface area (Å²) in [4.78, 5) is 10.1. The number of pyridine rings is 1. The number of halogens is 1. The van der Waals surface area contributed by atoms with Gasteiger partial charge in [-0.15, -0.1) is 0 Å². The van der Waals surface area contributed by atoms with Crippen molar-refractivity contribution in [3.63, 3.8) is 0 Å². The van der Waals surface area contributed by atoms with Gasteiger partial charge in [0.15, 0.2) is 17.3 Å². The Morgan fingerprint density at radius 3 is 2.62 bits per heavy atom. The lowest BCUT2D eigenvalue weighted by atomic mass is 10.2. The SMILES string of the molecule is Cn1nccc1-c1cc(Oc2ccc([N+](=O)[O-])cc2F)c2ccnn2c1. The minimum Gasteiger partial charge on any atom is -0.452 e. The van der Waals surface area contributed by atoms with E-state index in [1.165, 1.54) is 12.1 Å². The maximum atomic E-state index is 14.2. The van der Waals surface area contributed by atoms with E-state index < -0.39 is 10.7 Å². The molecule has 3 heterocycles. The van der Waals surface area contributed by atoms with Gasteiger partial charge in [0.1, 0.15) is 5.52 Å². The van der Waals surface area contributed by atoms with E-state index in [0.717, 1.165) is 17.3 Å². The van der Waals surface area contributed by atoms with Crippen LogP contribution < -0.4 is 4.74 Å². The van der Waals surface area contributed by atoms with Gasteiger partial charge in [-0.2, -0.15) is 10.2 Å². The summed E-state index contributed by atoms with van der Waals surface area (Å²) in [6, 6.07) is 8.56. The number of rotatable bonds is 4. The zero-order chi connectivity index (χ0) is 18.3. The number of nitro benzene ring substituents is 1. The van der Waals surface area contributed by atoms with Crippen molar-refractivity contribution < 1.29 is 14.1 Å². The van der Waals surface area contributed by atoms with Gasteiger partial charge in [-0.05, 0) is 24.3 Å². The molecule has 0 atom stereocenters. The summed E-state index contributed by atoms with van der Waals surface area (Å²) >= 11 is 0. The van der Waals surface area contributed by atoms with Crippen molar-refractivity contribution in [1.82, 2.24) is 19.4 Å². The lowest BCUT2D eigenvalue weighted by Crippen LogP contribution is -1.98. The number of nitrogens with zero attached hydrogens (tertiary/aromatic N) is 5. The van der Waals surface area contributed by atoms with Crippen molar-refractivity contribution in [2.24, 2.45) is 7.05 Å². The van der Waals surface area contributed by atoms with Crippen molar-refractivity contribution >= 4 is 11.2 Å². The maximum absolute atomic E-state index is 14.2. The van der Waals surface area contributed by atoms with Crippen molar-refractivity contribution in [3.8, 4) is 22.8 Å². The van der Waals surface area contributed by atoms with Gasteiger partial charge >= 0.3 is 0 Å². The molecule has 0 aliphatic rings. The van der Waals surface area contributed by atoms with Crippen molar-refractivity contribution in [2.75, 3.05) is 0 Å². The molecule has 26 heavy (non-hydrogen) atoms. The van der Waals surface area contributed by atoms with Crippen LogP contribution in [-0.4, -0.2) is 24.3 Å². The molecule has 0 saturated heterocycles. The number of ether oxygens (including phenoxy) is 1. The van der Waals surface area contributed by atoms with Gasteiger partial charge in [0.2, 0.25) is 0 Å². The Hall–Kier alpha value is -3.75. The highest BCUT2D eigenvalue weighted by Crippen LogP contribution is 2.33. The summed E-state index contributed by atoms with van der Waals surface area (Å²) in [6.45, 7) is 0. The van der Waals surface area contributed by atoms with Gasteiger partial charge in [0.25, 0.3) is 5.69 Å². The highest BCUT2D eigenvalue weighted by atomic mass is 19.1. The zero-order valence-electron chi connectivity index (χ0n) is 13.5. The Balaban J connectivity index is 1.80. The second kappa shape index (κ2) is 5.96. The number of non-ortho nitro benzene ring substituents is 1. The fourth-order valence-corrected chi connectivity index (χ4v) is 2.68. The Morgan fingerprint density at radius 2 is 1.92 bits per heavy atom. The van der Waals surface area contributed by atoms with Crippen LogP contribution in [0.5, 0.6) is 11.5 Å². The van der Waals surface area contributed by atoms with E-state index in [4.69, 9.17) is 4.74 Å². The summed E-state index contributed by atoms with van der Waals surface area (Å²) in [7, 11) is 1.80. The summed E-state index contributed by atoms with van der Waals surface area (Å²) < 4.78 is 23.2. The van der Waals surface area contributed by atoms with Crippen molar-refractivity contribution in [2.45, 2.75) is 0 Å². The number of aromatic nitrogens is 4. The molecule has 3 aromatic heterocycles. The first-order valence-corrected chi connectivity index (χ1v) is 7.60. The molecule has 1 aromatic carbocycles. The number of hydrogen-bond donors (Lipinski definition) is 0. The molecule has 9 heteroatoms. The molecule has 0 aliphatic heterocycles. The van der Waals surface area contributed by atoms with Crippen LogP contribution in [0, 0.1) is 15.9 Å². The minimum atomic E-state index is -0.817. The third kappa shape index (κ3) is 2.65. The fourth-order valence-electron chi connectivity index (χ4n) is 2.68. The number of fused-ring (bicyclic) bond motifs is 1. The van der Waals surface area contributed by atoms with Gasteiger partial charge in [-0.3, -0.25) is 14.8 Å². The quantitative estimate of drug-likeness (QED) is 0.413. The normalized spacial score (nSPS) is 11.0. The smallest absolute Gasteiger partial charge is 0.272 e. The van der Waals surface area contributed by atoms with Crippen LogP contribution in [-0.2, 0) is 7.05 Å². The first kappa shape index (κ1) is 15.8. The molecule has 0 spiro atoms. The van der Waals surface area contributed by atoms with Gasteiger partial charge in [0, 0.05) is 31.1 Å². The van der Waals surface area contributed by atoms with E-state index in [-0.39, 0.29) is 11.4 Å². The summed E-state index contributed by atoms with van der Waals surface area (Å²) in [5.41, 5.74) is 1.90. The van der Waals surface area contributed by atoms with Crippen LogP contribution in [0.1, 0.15) is 0 Å². The molecule has 4 rings (SSSR count). The predicted octanol–water partition coefficient (Wildman–Crippen LogP) is 3.57. The van der Waals surface area contributed by atoms with E-state index in [9.17, 15) is 14.5 Å². The van der Waals surface area contributed by atoms with E-state index in [0.29, 0.717) is 11.3 Å². The number of hydrogen-bond acceptors (Lipinski definition) is 5. The van der Waals surface area contributed by atoms with Crippen LogP contribution in [0.15, 0.2) is 55.0 Å². The van der Waals surface area contributed by atoms with E-state index in [2.05, 4.69) is 10.2 Å². The molecule has 0 saturated carbocycles. The number of aryl methyl sites for hydroxylation is 1. The summed E-state index contributed by atoms with van der Waals surface area (Å²) in [5.74, 6) is -0.558. The van der Waals surface area contributed by atoms with Gasteiger partial charge < -0.3 is 4.74 Å². The minimum absolute atomic E-state index is 0.110. The van der Waals surface area contributed by atoms with Crippen LogP contribution in [0.3, 0.4) is 0 Å². The number of nitro groups is 1. The monoisotopic (exact) mass is 353 g/mol. The number of benzene rings is 1. The van der Waals surface area contributed by atoms with E-state index in [1.54, 1.807) is 40.8 Å². The van der Waals surface area contributed by atoms with E-state index >= 15 is 0 Å². The predicted molar refractivity (Wildman–Crippen MR) is 90.5 cm³/mol. The molecule has 4 aromatic rings. The first-order chi connectivity index (χ1) is 12.5. The van der Waals surface area contributed by atoms with Crippen molar-refractivity contribution in [1.29, 1.82) is 0 Å². The summed E-state index contributed by atoms with van der Waals surface area (Å²) in [6.07, 6.45) is 5.08. The first-order valence-electron chi connectivity index (χ1n) is 7.60. The average molecular weight is 353 g/mol. The molecule has 0 radical (unpaired) electrons. The van der Waals surface area contributed by atoms with Crippen molar-refractivity contribution in [3.05, 3.63) is 70.9 Å². The molecule has 0 amide bonds. The standard InChI is InChI=1S/C17H12FN5O3/c1-21-14(4-6-19-21)11-8-17(15-5-7-20-22(15)10-11)26-16-3-2-12(23(24)25)9-13(16)18/h2-10H,1H3.